The number of methoxy groups -OCH3 is 1. The second-order valence-corrected chi connectivity index (χ2v) is 12.3. The first-order chi connectivity index (χ1) is 22.6. The largest absolute Gasteiger partial charge is 0.497 e. The van der Waals surface area contributed by atoms with Gasteiger partial charge in [-0.25, -0.2) is 9.97 Å². The highest BCUT2D eigenvalue weighted by Crippen LogP contribution is 2.46. The summed E-state index contributed by atoms with van der Waals surface area (Å²) >= 11 is 5.64. The van der Waals surface area contributed by atoms with E-state index in [4.69, 9.17) is 40.9 Å². The van der Waals surface area contributed by atoms with Gasteiger partial charge in [0.05, 0.1) is 31.2 Å². The van der Waals surface area contributed by atoms with E-state index in [1.54, 1.807) is 13.4 Å². The van der Waals surface area contributed by atoms with Crippen LogP contribution in [0.5, 0.6) is 11.5 Å². The van der Waals surface area contributed by atoms with Crippen molar-refractivity contribution < 1.29 is 23.7 Å². The van der Waals surface area contributed by atoms with E-state index in [0.717, 1.165) is 47.4 Å². The van der Waals surface area contributed by atoms with Crippen molar-refractivity contribution in [3.05, 3.63) is 114 Å². The van der Waals surface area contributed by atoms with Crippen LogP contribution in [0.15, 0.2) is 97.5 Å². The highest BCUT2D eigenvalue weighted by atomic mass is 32.1. The molecule has 3 heterocycles. The van der Waals surface area contributed by atoms with Gasteiger partial charge in [-0.15, -0.1) is 0 Å². The first-order valence-electron chi connectivity index (χ1n) is 15.6. The van der Waals surface area contributed by atoms with Crippen molar-refractivity contribution in [3.63, 3.8) is 0 Å². The summed E-state index contributed by atoms with van der Waals surface area (Å²) in [5.41, 5.74) is 4.45. The number of para-hydroxylation sites is 1. The summed E-state index contributed by atoms with van der Waals surface area (Å²) in [5.74, 6) is 2.29. The zero-order chi connectivity index (χ0) is 31.0. The van der Waals surface area contributed by atoms with Crippen molar-refractivity contribution >= 4 is 34.3 Å². The lowest BCUT2D eigenvalue weighted by Crippen LogP contribution is -2.42. The molecule has 0 radical (unpaired) electrons. The van der Waals surface area contributed by atoms with Gasteiger partial charge in [-0.2, -0.15) is 0 Å². The maximum absolute atomic E-state index is 6.66. The fourth-order valence-corrected chi connectivity index (χ4v) is 7.32. The lowest BCUT2D eigenvalue weighted by molar-refractivity contribution is -0.248. The van der Waals surface area contributed by atoms with Crippen LogP contribution in [0.25, 0.3) is 11.0 Å². The van der Waals surface area contributed by atoms with Crippen LogP contribution in [0.1, 0.15) is 47.9 Å². The zero-order valence-electron chi connectivity index (χ0n) is 25.3. The number of fused-ring (bicyclic) bond motifs is 3. The van der Waals surface area contributed by atoms with Gasteiger partial charge in [0.1, 0.15) is 35.4 Å². The number of hydrogen-bond donors (Lipinski definition) is 1. The molecule has 8 rings (SSSR count). The van der Waals surface area contributed by atoms with Gasteiger partial charge in [0.25, 0.3) is 0 Å². The Kier molecular flexibility index (Phi) is 7.77. The van der Waals surface area contributed by atoms with Crippen LogP contribution in [-0.4, -0.2) is 45.7 Å². The molecule has 1 saturated carbocycles. The first-order valence-corrected chi connectivity index (χ1v) is 16.1. The van der Waals surface area contributed by atoms with E-state index in [-0.39, 0.29) is 29.3 Å². The summed E-state index contributed by atoms with van der Waals surface area (Å²) in [4.78, 5) is 9.42. The molecule has 3 aromatic carbocycles. The molecule has 234 valence electrons. The number of rotatable bonds is 7. The van der Waals surface area contributed by atoms with Gasteiger partial charge in [0.15, 0.2) is 12.4 Å². The highest BCUT2D eigenvalue weighted by molar-refractivity contribution is 7.79. The molecule has 9 nitrogen and oxygen atoms in total. The second-order valence-electron chi connectivity index (χ2n) is 12.0. The molecule has 0 bridgehead atoms. The van der Waals surface area contributed by atoms with Gasteiger partial charge >= 0.3 is 5.24 Å². The third-order valence-corrected chi connectivity index (χ3v) is 9.51. The van der Waals surface area contributed by atoms with Crippen molar-refractivity contribution in [3.8, 4) is 11.5 Å². The fraction of sp³-hybridized carbons (Fsp3) is 0.306. The molecule has 2 aliphatic carbocycles. The molecule has 1 saturated heterocycles. The number of nitrogens with one attached hydrogen (secondary N) is 1. The van der Waals surface area contributed by atoms with Crippen LogP contribution in [0.4, 0.5) is 5.82 Å². The monoisotopic (exact) mass is 634 g/mol. The Morgan fingerprint density at radius 1 is 0.957 bits per heavy atom. The van der Waals surface area contributed by atoms with Crippen molar-refractivity contribution in [2.24, 2.45) is 5.92 Å². The number of aryl methyl sites for hydroxylation is 1. The van der Waals surface area contributed by atoms with Crippen molar-refractivity contribution in [2.75, 3.05) is 19.0 Å². The molecule has 6 atom stereocenters. The number of ether oxygens (including phenoxy) is 5. The quantitative estimate of drug-likeness (QED) is 0.191. The molecule has 1 aliphatic heterocycles. The predicted molar refractivity (Wildman–Crippen MR) is 177 cm³/mol. The first kappa shape index (κ1) is 28.9. The summed E-state index contributed by atoms with van der Waals surface area (Å²) in [6, 6.07) is 27.9. The molecular formula is C36H34N4O5S. The van der Waals surface area contributed by atoms with E-state index in [1.807, 2.05) is 54.6 Å². The lowest BCUT2D eigenvalue weighted by Gasteiger charge is -2.35. The highest BCUT2D eigenvalue weighted by Gasteiger charge is 2.51. The molecule has 1 unspecified atom stereocenters. The average molecular weight is 635 g/mol. The van der Waals surface area contributed by atoms with E-state index in [1.165, 1.54) is 11.1 Å². The smallest absolute Gasteiger partial charge is 0.358 e. The summed E-state index contributed by atoms with van der Waals surface area (Å²) in [6.45, 7) is 0.520. The normalized spacial score (nSPS) is 25.1. The number of benzene rings is 3. The van der Waals surface area contributed by atoms with Crippen molar-refractivity contribution in [1.29, 1.82) is 0 Å². The van der Waals surface area contributed by atoms with Gasteiger partial charge < -0.3 is 33.6 Å². The Morgan fingerprint density at radius 3 is 2.63 bits per heavy atom. The lowest BCUT2D eigenvalue weighted by atomic mass is 10.0. The molecule has 2 fully saturated rings. The minimum Gasteiger partial charge on any atom is -0.497 e. The number of nitrogens with zero attached hydrogens (tertiary/aromatic N) is 3. The zero-order valence-corrected chi connectivity index (χ0v) is 26.1. The van der Waals surface area contributed by atoms with Crippen LogP contribution in [0.3, 0.4) is 0 Å². The Hall–Kier alpha value is -4.51. The van der Waals surface area contributed by atoms with Gasteiger partial charge in [0, 0.05) is 29.9 Å². The average Bonchev–Trinajstić information content (AvgIpc) is 3.81. The minimum absolute atomic E-state index is 0.0475. The number of hydrogen-bond acceptors (Lipinski definition) is 9. The number of aromatic nitrogens is 3. The second kappa shape index (κ2) is 12.4. The topological polar surface area (TPSA) is 88.9 Å². The van der Waals surface area contributed by atoms with E-state index < -0.39 is 12.4 Å². The fourth-order valence-electron chi connectivity index (χ4n) is 7.11. The number of anilines is 1. The van der Waals surface area contributed by atoms with Crippen LogP contribution >= 0.6 is 12.2 Å². The van der Waals surface area contributed by atoms with Crippen LogP contribution in [-0.2, 0) is 20.6 Å². The third kappa shape index (κ3) is 5.46. The summed E-state index contributed by atoms with van der Waals surface area (Å²) in [5, 5.41) is 4.71. The Balaban J connectivity index is 1.09. The molecule has 1 N–H and O–H groups in total. The molecular weight excluding hydrogens is 600 g/mol. The van der Waals surface area contributed by atoms with E-state index >= 15 is 0 Å². The molecule has 0 spiro atoms. The maximum atomic E-state index is 6.66. The SMILES string of the molecule is COc1ccc(C2OC[C@@H]3C[C@@H](n4ccc5c(N[C@H]6CCc7ccccc76)ncnc54)[C@H](OC(=S)Oc4ccccc4)[C@@H]3O2)cc1. The van der Waals surface area contributed by atoms with Crippen LogP contribution < -0.4 is 14.8 Å². The maximum Gasteiger partial charge on any atom is 0.358 e. The molecule has 0 amide bonds. The third-order valence-electron chi connectivity index (χ3n) is 9.33. The van der Waals surface area contributed by atoms with E-state index in [0.29, 0.717) is 12.4 Å². The van der Waals surface area contributed by atoms with E-state index in [9.17, 15) is 0 Å². The Morgan fingerprint density at radius 2 is 1.78 bits per heavy atom. The Bertz CT molecular complexity index is 1850. The molecule has 2 aromatic heterocycles. The summed E-state index contributed by atoms with van der Waals surface area (Å²) in [7, 11) is 1.65. The van der Waals surface area contributed by atoms with Gasteiger partial charge in [-0.3, -0.25) is 0 Å². The molecule has 3 aliphatic rings. The van der Waals surface area contributed by atoms with Gasteiger partial charge in [0.2, 0.25) is 0 Å². The summed E-state index contributed by atoms with van der Waals surface area (Å²) < 4.78 is 32.8. The Labute approximate surface area is 272 Å². The molecule has 5 aromatic rings. The van der Waals surface area contributed by atoms with Crippen molar-refractivity contribution in [2.45, 2.75) is 49.8 Å². The van der Waals surface area contributed by atoms with Crippen LogP contribution in [0, 0.1) is 5.92 Å². The molecule has 46 heavy (non-hydrogen) atoms. The predicted octanol–water partition coefficient (Wildman–Crippen LogP) is 6.96. The van der Waals surface area contributed by atoms with Gasteiger partial charge in [-0.05, 0) is 60.7 Å². The van der Waals surface area contributed by atoms with Gasteiger partial charge in [-0.1, -0.05) is 54.6 Å². The molecule has 10 heteroatoms. The van der Waals surface area contributed by atoms with Crippen LogP contribution in [0.2, 0.25) is 0 Å². The minimum atomic E-state index is -0.547. The van der Waals surface area contributed by atoms with Crippen molar-refractivity contribution in [1.82, 2.24) is 14.5 Å². The van der Waals surface area contributed by atoms with E-state index in [2.05, 4.69) is 51.4 Å². The number of thiocarbonyl (C=S) groups is 1. The standard InChI is InChI=1S/C36H34N4O5S/c1-41-25-14-11-23(12-15-25)35-42-20-24-19-30(32(31(24)44-35)45-36(46)43-26-8-3-2-4-9-26)40-18-17-28-33(37-21-38-34(28)40)39-29-16-13-22-7-5-6-10-27(22)29/h2-12,14-15,17-18,21,24,29-32,35H,13,16,19-20H2,1H3,(H,37,38,39)/t24-,29-,30+,31+,32-,35?/m0/s1. The summed E-state index contributed by atoms with van der Waals surface area (Å²) in [6.07, 6.45) is 5.23.